The van der Waals surface area contributed by atoms with Crippen LogP contribution in [0.25, 0.3) is 0 Å². The number of piperidine rings is 1. The van der Waals surface area contributed by atoms with E-state index >= 15 is 0 Å². The molecule has 5 nitrogen and oxygen atoms in total. The van der Waals surface area contributed by atoms with Gasteiger partial charge in [0.05, 0.1) is 6.61 Å². The molecule has 108 valence electrons. The van der Waals surface area contributed by atoms with Gasteiger partial charge in [-0.15, -0.1) is 11.3 Å². The molecular weight excluding hydrogens is 284 g/mol. The van der Waals surface area contributed by atoms with Crippen molar-refractivity contribution in [2.45, 2.75) is 29.7 Å². The van der Waals surface area contributed by atoms with Crippen LogP contribution in [0.2, 0.25) is 0 Å². The number of aliphatic hydroxyl groups is 1. The maximum atomic E-state index is 12.5. The molecule has 0 saturated carbocycles. The summed E-state index contributed by atoms with van der Waals surface area (Å²) in [4.78, 5) is 2.16. The van der Waals surface area contributed by atoms with Crippen molar-refractivity contribution in [2.75, 3.05) is 27.2 Å². The first-order valence-electron chi connectivity index (χ1n) is 6.30. The summed E-state index contributed by atoms with van der Waals surface area (Å²) in [6, 6.07) is 1.59. The van der Waals surface area contributed by atoms with Gasteiger partial charge in [0, 0.05) is 19.6 Å². The number of likely N-dealkylation sites (N-methyl/N-ethyl adjacent to an activating group) is 2. The molecular formula is C12H20N2O3S2. The highest BCUT2D eigenvalue weighted by Gasteiger charge is 2.31. The Hall–Kier alpha value is -0.470. The summed E-state index contributed by atoms with van der Waals surface area (Å²) in [5.41, 5.74) is 0.651. The Morgan fingerprint density at radius 3 is 2.89 bits per heavy atom. The third-order valence-corrected chi connectivity index (χ3v) is 6.93. The van der Waals surface area contributed by atoms with Gasteiger partial charge in [-0.05, 0) is 43.4 Å². The van der Waals surface area contributed by atoms with Crippen molar-refractivity contribution >= 4 is 21.4 Å². The fourth-order valence-corrected chi connectivity index (χ4v) is 5.11. The van der Waals surface area contributed by atoms with Crippen LogP contribution in [-0.2, 0) is 16.6 Å². The fourth-order valence-electron chi connectivity index (χ4n) is 2.35. The van der Waals surface area contributed by atoms with Crippen LogP contribution >= 0.6 is 11.3 Å². The average molecular weight is 304 g/mol. The van der Waals surface area contributed by atoms with Gasteiger partial charge in [0.1, 0.15) is 4.21 Å². The molecule has 1 unspecified atom stereocenters. The monoisotopic (exact) mass is 304 g/mol. The van der Waals surface area contributed by atoms with Gasteiger partial charge >= 0.3 is 0 Å². The molecule has 1 fully saturated rings. The molecule has 2 heterocycles. The number of nitrogens with zero attached hydrogens (tertiary/aromatic N) is 2. The van der Waals surface area contributed by atoms with Crippen molar-refractivity contribution in [3.05, 3.63) is 17.0 Å². The van der Waals surface area contributed by atoms with Crippen LogP contribution in [-0.4, -0.2) is 56.0 Å². The van der Waals surface area contributed by atoms with E-state index < -0.39 is 10.0 Å². The second-order valence-corrected chi connectivity index (χ2v) is 8.15. The van der Waals surface area contributed by atoms with Crippen LogP contribution in [0, 0.1) is 0 Å². The predicted octanol–water partition coefficient (Wildman–Crippen LogP) is 0.955. The number of sulfonamides is 1. The molecule has 0 amide bonds. The Morgan fingerprint density at radius 1 is 1.58 bits per heavy atom. The Labute approximate surface area is 118 Å². The van der Waals surface area contributed by atoms with Gasteiger partial charge in [0.25, 0.3) is 10.0 Å². The fraction of sp³-hybridized carbons (Fsp3) is 0.667. The van der Waals surface area contributed by atoms with Crippen molar-refractivity contribution in [3.63, 3.8) is 0 Å². The Balaban J connectivity index is 2.18. The summed E-state index contributed by atoms with van der Waals surface area (Å²) < 4.78 is 26.8. The molecule has 0 aromatic carbocycles. The Bertz CT molecular complexity index is 527. The van der Waals surface area contributed by atoms with E-state index in [-0.39, 0.29) is 12.6 Å². The van der Waals surface area contributed by atoms with E-state index in [1.807, 2.05) is 7.05 Å². The van der Waals surface area contributed by atoms with Crippen LogP contribution in [0.1, 0.15) is 18.4 Å². The lowest BCUT2D eigenvalue weighted by Crippen LogP contribution is -2.47. The minimum atomic E-state index is -3.44. The molecule has 0 radical (unpaired) electrons. The molecule has 1 saturated heterocycles. The SMILES string of the molecule is CN1CCCC(N(C)S(=O)(=O)c2cc(CO)cs2)C1. The van der Waals surface area contributed by atoms with Crippen LogP contribution in [0.15, 0.2) is 15.7 Å². The summed E-state index contributed by atoms with van der Waals surface area (Å²) in [6.45, 7) is 1.67. The third kappa shape index (κ3) is 3.17. The lowest BCUT2D eigenvalue weighted by Gasteiger charge is -2.34. The molecule has 7 heteroatoms. The van der Waals surface area contributed by atoms with Crippen molar-refractivity contribution in [2.24, 2.45) is 0 Å². The second kappa shape index (κ2) is 5.88. The molecule has 1 aliphatic rings. The van der Waals surface area contributed by atoms with Gasteiger partial charge in [-0.3, -0.25) is 0 Å². The number of aliphatic hydroxyl groups excluding tert-OH is 1. The topological polar surface area (TPSA) is 60.9 Å². The number of thiophene rings is 1. The molecule has 1 aromatic heterocycles. The van der Waals surface area contributed by atoms with Crippen LogP contribution < -0.4 is 0 Å². The zero-order chi connectivity index (χ0) is 14.0. The summed E-state index contributed by atoms with van der Waals surface area (Å²) in [5.74, 6) is 0. The summed E-state index contributed by atoms with van der Waals surface area (Å²) in [5, 5.41) is 10.7. The van der Waals surface area contributed by atoms with Gasteiger partial charge in [-0.25, -0.2) is 8.42 Å². The highest BCUT2D eigenvalue weighted by molar-refractivity contribution is 7.91. The highest BCUT2D eigenvalue weighted by atomic mass is 32.2. The second-order valence-electron chi connectivity index (χ2n) is 5.01. The molecule has 0 aliphatic carbocycles. The molecule has 0 bridgehead atoms. The standard InChI is InChI=1S/C12H20N2O3S2/c1-13-5-3-4-11(7-13)14(2)19(16,17)12-6-10(8-15)9-18-12/h6,9,11,15H,3-5,7-8H2,1-2H3. The van der Waals surface area contributed by atoms with Gasteiger partial charge < -0.3 is 10.0 Å². The average Bonchev–Trinajstić information content (AvgIpc) is 2.87. The predicted molar refractivity (Wildman–Crippen MR) is 75.7 cm³/mol. The van der Waals surface area contributed by atoms with Crippen molar-refractivity contribution < 1.29 is 13.5 Å². The van der Waals surface area contributed by atoms with Crippen LogP contribution in [0.3, 0.4) is 0 Å². The maximum Gasteiger partial charge on any atom is 0.252 e. The lowest BCUT2D eigenvalue weighted by atomic mass is 10.1. The van der Waals surface area contributed by atoms with Gasteiger partial charge in [0.2, 0.25) is 0 Å². The van der Waals surface area contributed by atoms with E-state index in [1.54, 1.807) is 18.5 Å². The van der Waals surface area contributed by atoms with E-state index in [9.17, 15) is 8.42 Å². The maximum absolute atomic E-state index is 12.5. The minimum absolute atomic E-state index is 0.0310. The first kappa shape index (κ1) is 14.9. The largest absolute Gasteiger partial charge is 0.392 e. The smallest absolute Gasteiger partial charge is 0.252 e. The van der Waals surface area contributed by atoms with Crippen molar-refractivity contribution in [1.82, 2.24) is 9.21 Å². The van der Waals surface area contributed by atoms with Gasteiger partial charge in [0.15, 0.2) is 0 Å². The molecule has 0 spiro atoms. The number of hydrogen-bond acceptors (Lipinski definition) is 5. The Morgan fingerprint density at radius 2 is 2.32 bits per heavy atom. The van der Waals surface area contributed by atoms with Gasteiger partial charge in [-0.2, -0.15) is 4.31 Å². The minimum Gasteiger partial charge on any atom is -0.392 e. The number of hydrogen-bond donors (Lipinski definition) is 1. The quantitative estimate of drug-likeness (QED) is 0.900. The third-order valence-electron chi connectivity index (χ3n) is 3.56. The summed E-state index contributed by atoms with van der Waals surface area (Å²) in [7, 11) is 0.229. The molecule has 1 N–H and O–H groups in total. The van der Waals surface area contributed by atoms with E-state index in [0.717, 1.165) is 25.9 Å². The first-order chi connectivity index (χ1) is 8.95. The van der Waals surface area contributed by atoms with Gasteiger partial charge in [-0.1, -0.05) is 0 Å². The van der Waals surface area contributed by atoms with Crippen LogP contribution in [0.4, 0.5) is 0 Å². The van der Waals surface area contributed by atoms with E-state index in [1.165, 1.54) is 15.6 Å². The highest BCUT2D eigenvalue weighted by Crippen LogP contribution is 2.26. The molecule has 1 aliphatic heterocycles. The van der Waals surface area contributed by atoms with E-state index in [4.69, 9.17) is 5.11 Å². The Kier molecular flexibility index (Phi) is 4.62. The zero-order valence-electron chi connectivity index (χ0n) is 11.2. The molecule has 2 rings (SSSR count). The first-order valence-corrected chi connectivity index (χ1v) is 8.62. The lowest BCUT2D eigenvalue weighted by molar-refractivity contribution is 0.188. The summed E-state index contributed by atoms with van der Waals surface area (Å²) in [6.07, 6.45) is 1.92. The van der Waals surface area contributed by atoms with E-state index in [2.05, 4.69) is 4.90 Å². The molecule has 1 atom stereocenters. The number of rotatable bonds is 4. The summed E-state index contributed by atoms with van der Waals surface area (Å²) >= 11 is 1.17. The van der Waals surface area contributed by atoms with Crippen molar-refractivity contribution in [1.29, 1.82) is 0 Å². The van der Waals surface area contributed by atoms with Crippen molar-refractivity contribution in [3.8, 4) is 0 Å². The zero-order valence-corrected chi connectivity index (χ0v) is 12.9. The van der Waals surface area contributed by atoms with Crippen LogP contribution in [0.5, 0.6) is 0 Å². The molecule has 19 heavy (non-hydrogen) atoms. The number of likely N-dealkylation sites (tertiary alicyclic amines) is 1. The van der Waals surface area contributed by atoms with E-state index in [0.29, 0.717) is 9.77 Å². The normalized spacial score (nSPS) is 22.0. The molecule has 1 aromatic rings.